The van der Waals surface area contributed by atoms with Gasteiger partial charge >= 0.3 is 0 Å². The van der Waals surface area contributed by atoms with Crippen LogP contribution in [0.4, 0.5) is 5.00 Å². The molecule has 1 aromatic rings. The Morgan fingerprint density at radius 1 is 1.35 bits per heavy atom. The lowest BCUT2D eigenvalue weighted by atomic mass is 9.93. The third-order valence-corrected chi connectivity index (χ3v) is 4.68. The van der Waals surface area contributed by atoms with Crippen molar-refractivity contribution in [2.75, 3.05) is 4.90 Å². The van der Waals surface area contributed by atoms with Gasteiger partial charge < -0.3 is 4.90 Å². The molecule has 1 aliphatic carbocycles. The summed E-state index contributed by atoms with van der Waals surface area (Å²) < 4.78 is 0. The number of rotatable bonds is 4. The predicted molar refractivity (Wildman–Crippen MR) is 80.7 cm³/mol. The normalized spacial score (nSPS) is 18.5. The number of hydrogen-bond acceptors (Lipinski definition) is 2. The first kappa shape index (κ1) is 14.8. The van der Waals surface area contributed by atoms with Crippen LogP contribution in [0.5, 0.6) is 0 Å². The molecule has 1 saturated carbocycles. The van der Waals surface area contributed by atoms with Crippen molar-refractivity contribution in [3.05, 3.63) is 17.5 Å². The minimum absolute atomic E-state index is 0. The molecule has 0 amide bonds. The molecule has 1 aliphatic rings. The van der Waals surface area contributed by atoms with E-state index in [1.807, 2.05) is 11.3 Å². The summed E-state index contributed by atoms with van der Waals surface area (Å²) in [5, 5.41) is 3.68. The molecule has 3 heteroatoms. The van der Waals surface area contributed by atoms with Crippen LogP contribution in [-0.2, 0) is 0 Å². The molecule has 0 saturated heterocycles. The van der Waals surface area contributed by atoms with Crippen LogP contribution in [0.3, 0.4) is 0 Å². The van der Waals surface area contributed by atoms with Gasteiger partial charge in [0.15, 0.2) is 0 Å². The van der Waals surface area contributed by atoms with Crippen LogP contribution in [0.15, 0.2) is 17.5 Å². The number of hydrogen-bond donors (Lipinski definition) is 0. The van der Waals surface area contributed by atoms with Gasteiger partial charge in [-0.1, -0.05) is 26.2 Å². The van der Waals surface area contributed by atoms with Crippen LogP contribution in [-0.4, -0.2) is 12.1 Å². The Balaban J connectivity index is 0.00000144. The molecule has 1 fully saturated rings. The summed E-state index contributed by atoms with van der Waals surface area (Å²) in [6.07, 6.45) is 8.31. The quantitative estimate of drug-likeness (QED) is 0.737. The summed E-state index contributed by atoms with van der Waals surface area (Å²) in [7, 11) is 0. The van der Waals surface area contributed by atoms with Gasteiger partial charge in [-0.25, -0.2) is 0 Å². The van der Waals surface area contributed by atoms with Crippen LogP contribution >= 0.6 is 23.7 Å². The fraction of sp³-hybridized carbons (Fsp3) is 0.714. The lowest BCUT2D eigenvalue weighted by Crippen LogP contribution is -2.42. The Hall–Kier alpha value is -0.210. The van der Waals surface area contributed by atoms with E-state index in [1.165, 1.54) is 43.5 Å². The van der Waals surface area contributed by atoms with Gasteiger partial charge in [0, 0.05) is 12.1 Å². The molecule has 0 radical (unpaired) electrons. The molecule has 0 spiro atoms. The number of nitrogens with zero attached hydrogens (tertiary/aromatic N) is 1. The molecular weight excluding hydrogens is 250 g/mol. The molecular formula is C14H24ClNS. The Bertz CT molecular complexity index is 293. The van der Waals surface area contributed by atoms with Crippen molar-refractivity contribution in [2.24, 2.45) is 0 Å². The highest BCUT2D eigenvalue weighted by Gasteiger charge is 2.25. The summed E-state index contributed by atoms with van der Waals surface area (Å²) in [5.41, 5.74) is 0. The largest absolute Gasteiger partial charge is 0.358 e. The van der Waals surface area contributed by atoms with Gasteiger partial charge in [-0.3, -0.25) is 0 Å². The zero-order valence-electron chi connectivity index (χ0n) is 10.9. The van der Waals surface area contributed by atoms with Gasteiger partial charge in [-0.15, -0.1) is 23.7 Å². The molecule has 1 aromatic heterocycles. The molecule has 1 nitrogen and oxygen atoms in total. The first-order chi connectivity index (χ1) is 7.83. The van der Waals surface area contributed by atoms with E-state index in [9.17, 15) is 0 Å². The molecule has 98 valence electrons. The third kappa shape index (κ3) is 3.62. The average Bonchev–Trinajstić information content (AvgIpc) is 2.84. The van der Waals surface area contributed by atoms with Gasteiger partial charge in [-0.2, -0.15) is 0 Å². The van der Waals surface area contributed by atoms with E-state index in [0.29, 0.717) is 6.04 Å². The highest BCUT2D eigenvalue weighted by atomic mass is 35.5. The molecule has 0 aromatic carbocycles. The Labute approximate surface area is 116 Å². The van der Waals surface area contributed by atoms with E-state index in [-0.39, 0.29) is 12.4 Å². The molecule has 0 aliphatic heterocycles. The van der Waals surface area contributed by atoms with E-state index >= 15 is 0 Å². The van der Waals surface area contributed by atoms with E-state index in [2.05, 4.69) is 36.3 Å². The second-order valence-corrected chi connectivity index (χ2v) is 5.83. The SMILES string of the molecule is CCC(C)N(c1cccs1)C1CCCCC1.Cl. The molecule has 1 unspecified atom stereocenters. The first-order valence-electron chi connectivity index (χ1n) is 6.64. The van der Waals surface area contributed by atoms with Crippen LogP contribution in [0.2, 0.25) is 0 Å². The predicted octanol–water partition coefficient (Wildman–Crippen LogP) is 5.11. The van der Waals surface area contributed by atoms with Gasteiger partial charge in [0.1, 0.15) is 0 Å². The van der Waals surface area contributed by atoms with E-state index < -0.39 is 0 Å². The van der Waals surface area contributed by atoms with E-state index in [1.54, 1.807) is 0 Å². The fourth-order valence-electron chi connectivity index (χ4n) is 2.73. The van der Waals surface area contributed by atoms with Crippen LogP contribution in [0, 0.1) is 0 Å². The summed E-state index contributed by atoms with van der Waals surface area (Å²) in [5.74, 6) is 0. The second kappa shape index (κ2) is 7.27. The van der Waals surface area contributed by atoms with Crippen molar-refractivity contribution >= 4 is 28.7 Å². The summed E-state index contributed by atoms with van der Waals surface area (Å²) in [6.45, 7) is 4.67. The number of thiophene rings is 1. The van der Waals surface area contributed by atoms with Gasteiger partial charge in [-0.05, 0) is 43.7 Å². The minimum atomic E-state index is 0. The highest BCUT2D eigenvalue weighted by molar-refractivity contribution is 7.14. The van der Waals surface area contributed by atoms with Gasteiger partial charge in [0.05, 0.1) is 5.00 Å². The van der Waals surface area contributed by atoms with Crippen molar-refractivity contribution in [3.63, 3.8) is 0 Å². The molecule has 0 N–H and O–H groups in total. The van der Waals surface area contributed by atoms with Crippen molar-refractivity contribution in [2.45, 2.75) is 64.5 Å². The van der Waals surface area contributed by atoms with Crippen LogP contribution in [0.25, 0.3) is 0 Å². The van der Waals surface area contributed by atoms with Crippen LogP contribution < -0.4 is 4.90 Å². The van der Waals surface area contributed by atoms with Crippen molar-refractivity contribution in [1.29, 1.82) is 0 Å². The smallest absolute Gasteiger partial charge is 0.0913 e. The van der Waals surface area contributed by atoms with E-state index in [0.717, 1.165) is 6.04 Å². The zero-order chi connectivity index (χ0) is 11.4. The topological polar surface area (TPSA) is 3.24 Å². The maximum Gasteiger partial charge on any atom is 0.0913 e. The number of anilines is 1. The van der Waals surface area contributed by atoms with Crippen molar-refractivity contribution in [3.8, 4) is 0 Å². The fourth-order valence-corrected chi connectivity index (χ4v) is 3.63. The molecule has 2 rings (SSSR count). The first-order valence-corrected chi connectivity index (χ1v) is 7.52. The zero-order valence-corrected chi connectivity index (χ0v) is 12.5. The summed E-state index contributed by atoms with van der Waals surface area (Å²) >= 11 is 1.89. The average molecular weight is 274 g/mol. The maximum atomic E-state index is 2.68. The number of halogens is 1. The second-order valence-electron chi connectivity index (χ2n) is 4.91. The Morgan fingerprint density at radius 3 is 2.59 bits per heavy atom. The monoisotopic (exact) mass is 273 g/mol. The molecule has 17 heavy (non-hydrogen) atoms. The van der Waals surface area contributed by atoms with Crippen molar-refractivity contribution < 1.29 is 0 Å². The van der Waals surface area contributed by atoms with E-state index in [4.69, 9.17) is 0 Å². The summed E-state index contributed by atoms with van der Waals surface area (Å²) in [6, 6.07) is 5.94. The lowest BCUT2D eigenvalue weighted by molar-refractivity contribution is 0.391. The Kier molecular flexibility index (Phi) is 6.35. The highest BCUT2D eigenvalue weighted by Crippen LogP contribution is 2.32. The molecule has 1 heterocycles. The Morgan fingerprint density at radius 2 is 2.06 bits per heavy atom. The maximum absolute atomic E-state index is 2.68. The molecule has 0 bridgehead atoms. The lowest BCUT2D eigenvalue weighted by Gasteiger charge is -2.39. The standard InChI is InChI=1S/C14H23NS.ClH/c1-3-12(2)15(14-10-7-11-16-14)13-8-5-4-6-9-13;/h7,10-13H,3-6,8-9H2,1-2H3;1H. The van der Waals surface area contributed by atoms with Crippen molar-refractivity contribution in [1.82, 2.24) is 0 Å². The van der Waals surface area contributed by atoms with Gasteiger partial charge in [0.25, 0.3) is 0 Å². The minimum Gasteiger partial charge on any atom is -0.358 e. The van der Waals surface area contributed by atoms with Crippen LogP contribution in [0.1, 0.15) is 52.4 Å². The van der Waals surface area contributed by atoms with Gasteiger partial charge in [0.2, 0.25) is 0 Å². The summed E-state index contributed by atoms with van der Waals surface area (Å²) in [4.78, 5) is 2.68. The third-order valence-electron chi connectivity index (χ3n) is 3.79. The molecule has 1 atom stereocenters.